The van der Waals surface area contributed by atoms with Crippen LogP contribution in [0.5, 0.6) is 0 Å². The minimum absolute atomic E-state index is 0.501. The van der Waals surface area contributed by atoms with Crippen LogP contribution in [0.15, 0.2) is 29.4 Å². The molecule has 1 N–H and O–H groups in total. The highest BCUT2D eigenvalue weighted by atomic mass is 32.2. The molecule has 0 radical (unpaired) electrons. The van der Waals surface area contributed by atoms with Gasteiger partial charge in [-0.2, -0.15) is 0 Å². The van der Waals surface area contributed by atoms with Crippen molar-refractivity contribution in [1.82, 2.24) is 4.98 Å². The van der Waals surface area contributed by atoms with Crippen molar-refractivity contribution in [3.8, 4) is 0 Å². The van der Waals surface area contributed by atoms with Gasteiger partial charge in [-0.3, -0.25) is 9.98 Å². The number of thioether (sulfide) groups is 1. The lowest BCUT2D eigenvalue weighted by Gasteiger charge is -1.95. The molecule has 14 heavy (non-hydrogen) atoms. The predicted molar refractivity (Wildman–Crippen MR) is 54.7 cm³/mol. The molecule has 0 bridgehead atoms. The molecule has 72 valence electrons. The molecule has 0 saturated carbocycles. The molecule has 1 aliphatic rings. The number of hydrogen-bond donors (Lipinski definition) is 1. The molecular weight excluding hydrogens is 200 g/mol. The average molecular weight is 208 g/mol. The number of carboxylic acids is 1. The van der Waals surface area contributed by atoms with E-state index in [9.17, 15) is 4.79 Å². The van der Waals surface area contributed by atoms with Gasteiger partial charge in [0.1, 0.15) is 5.04 Å². The van der Waals surface area contributed by atoms with E-state index in [0.29, 0.717) is 5.75 Å². The molecule has 5 heteroatoms. The summed E-state index contributed by atoms with van der Waals surface area (Å²) in [4.78, 5) is 18.8. The van der Waals surface area contributed by atoms with Gasteiger partial charge in [-0.05, 0) is 12.1 Å². The number of aliphatic carboxylic acids is 1. The molecule has 0 spiro atoms. The third-order valence-corrected chi connectivity index (χ3v) is 2.89. The molecule has 2 heterocycles. The van der Waals surface area contributed by atoms with Crippen LogP contribution in [0.2, 0.25) is 0 Å². The maximum absolute atomic E-state index is 10.6. The number of carbonyl (C=O) groups is 1. The Balaban J connectivity index is 2.22. The van der Waals surface area contributed by atoms with Crippen LogP contribution < -0.4 is 0 Å². The summed E-state index contributed by atoms with van der Waals surface area (Å²) in [6.07, 6.45) is 1.67. The predicted octanol–water partition coefficient (Wildman–Crippen LogP) is 1.03. The first kappa shape index (κ1) is 9.21. The number of carboxylic acid groups (broad SMARTS) is 1. The first-order valence-corrected chi connectivity index (χ1v) is 5.11. The number of pyridine rings is 1. The van der Waals surface area contributed by atoms with Crippen molar-refractivity contribution in [1.29, 1.82) is 0 Å². The van der Waals surface area contributed by atoms with Gasteiger partial charge in [-0.15, -0.1) is 11.8 Å². The van der Waals surface area contributed by atoms with Crippen LogP contribution in [0, 0.1) is 0 Å². The molecule has 0 amide bonds. The topological polar surface area (TPSA) is 62.5 Å². The molecule has 2 rings (SSSR count). The Kier molecular flexibility index (Phi) is 2.49. The van der Waals surface area contributed by atoms with Crippen LogP contribution >= 0.6 is 11.8 Å². The van der Waals surface area contributed by atoms with Gasteiger partial charge in [-0.25, -0.2) is 4.79 Å². The minimum Gasteiger partial charge on any atom is -0.480 e. The second kappa shape index (κ2) is 3.79. The first-order valence-electron chi connectivity index (χ1n) is 4.12. The van der Waals surface area contributed by atoms with Crippen molar-refractivity contribution in [3.63, 3.8) is 0 Å². The van der Waals surface area contributed by atoms with Crippen LogP contribution in [0.25, 0.3) is 0 Å². The zero-order chi connectivity index (χ0) is 9.97. The molecule has 0 fully saturated rings. The Labute approximate surface area is 85.1 Å². The lowest BCUT2D eigenvalue weighted by atomic mass is 10.3. The normalized spacial score (nSPS) is 20.6. The van der Waals surface area contributed by atoms with E-state index in [2.05, 4.69) is 9.98 Å². The highest BCUT2D eigenvalue weighted by Gasteiger charge is 2.25. The van der Waals surface area contributed by atoms with Gasteiger partial charge in [-0.1, -0.05) is 6.07 Å². The smallest absolute Gasteiger partial charge is 0.329 e. The number of rotatable bonds is 2. The van der Waals surface area contributed by atoms with Crippen LogP contribution in [0.3, 0.4) is 0 Å². The summed E-state index contributed by atoms with van der Waals surface area (Å²) < 4.78 is 0. The summed E-state index contributed by atoms with van der Waals surface area (Å²) in [6.45, 7) is 0. The fourth-order valence-electron chi connectivity index (χ4n) is 1.13. The third kappa shape index (κ3) is 1.77. The molecule has 1 aromatic heterocycles. The molecule has 0 unspecified atom stereocenters. The number of hydrogen-bond acceptors (Lipinski definition) is 4. The molecule has 1 aliphatic heterocycles. The first-order chi connectivity index (χ1) is 6.77. The van der Waals surface area contributed by atoms with E-state index in [-0.39, 0.29) is 0 Å². The van der Waals surface area contributed by atoms with E-state index in [1.54, 1.807) is 6.20 Å². The van der Waals surface area contributed by atoms with Crippen molar-refractivity contribution < 1.29 is 9.90 Å². The Morgan fingerprint density at radius 3 is 3.00 bits per heavy atom. The lowest BCUT2D eigenvalue weighted by molar-refractivity contribution is -0.137. The largest absolute Gasteiger partial charge is 0.480 e. The highest BCUT2D eigenvalue weighted by molar-refractivity contribution is 8.14. The highest BCUT2D eigenvalue weighted by Crippen LogP contribution is 2.22. The summed E-state index contributed by atoms with van der Waals surface area (Å²) in [5.74, 6) is -0.371. The van der Waals surface area contributed by atoms with Crippen LogP contribution in [-0.2, 0) is 4.79 Å². The number of aliphatic imine (C=N–C) groups is 1. The Bertz CT molecular complexity index is 378. The second-order valence-corrected chi connectivity index (χ2v) is 3.82. The van der Waals surface area contributed by atoms with Crippen molar-refractivity contribution in [2.45, 2.75) is 6.04 Å². The minimum atomic E-state index is -0.872. The standard InChI is InChI=1S/C9H8N2O2S/c12-9(13)7-5-14-8(11-7)6-3-1-2-4-10-6/h1-4,7H,5H2,(H,12,13)/t7-/m1/s1. The van der Waals surface area contributed by atoms with E-state index >= 15 is 0 Å². The molecule has 1 aromatic rings. The quantitative estimate of drug-likeness (QED) is 0.788. The fraction of sp³-hybridized carbons (Fsp3) is 0.222. The van der Waals surface area contributed by atoms with Gasteiger partial charge in [0, 0.05) is 11.9 Å². The van der Waals surface area contributed by atoms with Crippen molar-refractivity contribution >= 4 is 22.8 Å². The maximum atomic E-state index is 10.6. The van der Waals surface area contributed by atoms with E-state index < -0.39 is 12.0 Å². The zero-order valence-electron chi connectivity index (χ0n) is 7.25. The summed E-state index contributed by atoms with van der Waals surface area (Å²) in [6, 6.07) is 4.89. The zero-order valence-corrected chi connectivity index (χ0v) is 8.07. The molecule has 0 saturated heterocycles. The summed E-state index contributed by atoms with van der Waals surface area (Å²) >= 11 is 1.44. The maximum Gasteiger partial charge on any atom is 0.329 e. The fourth-order valence-corrected chi connectivity index (χ4v) is 2.13. The van der Waals surface area contributed by atoms with E-state index in [1.165, 1.54) is 11.8 Å². The Morgan fingerprint density at radius 2 is 2.43 bits per heavy atom. The summed E-state index contributed by atoms with van der Waals surface area (Å²) in [5.41, 5.74) is 0.751. The van der Waals surface area contributed by atoms with Gasteiger partial charge < -0.3 is 5.11 Å². The van der Waals surface area contributed by atoms with E-state index in [0.717, 1.165) is 10.7 Å². The summed E-state index contributed by atoms with van der Waals surface area (Å²) in [7, 11) is 0. The van der Waals surface area contributed by atoms with Gasteiger partial charge in [0.2, 0.25) is 0 Å². The molecule has 1 atom stereocenters. The average Bonchev–Trinajstić information content (AvgIpc) is 2.68. The third-order valence-electron chi connectivity index (χ3n) is 1.82. The Hall–Kier alpha value is -1.36. The van der Waals surface area contributed by atoms with E-state index in [1.807, 2.05) is 18.2 Å². The van der Waals surface area contributed by atoms with Gasteiger partial charge in [0.15, 0.2) is 6.04 Å². The Morgan fingerprint density at radius 1 is 1.57 bits per heavy atom. The van der Waals surface area contributed by atoms with Gasteiger partial charge in [0.25, 0.3) is 0 Å². The molecule has 0 aliphatic carbocycles. The molecule has 4 nitrogen and oxygen atoms in total. The van der Waals surface area contributed by atoms with Gasteiger partial charge >= 0.3 is 5.97 Å². The van der Waals surface area contributed by atoms with Crippen LogP contribution in [0.1, 0.15) is 5.69 Å². The van der Waals surface area contributed by atoms with Crippen molar-refractivity contribution in [3.05, 3.63) is 30.1 Å². The SMILES string of the molecule is O=C(O)[C@H]1CSC(c2ccccn2)=N1. The van der Waals surface area contributed by atoms with Crippen molar-refractivity contribution in [2.75, 3.05) is 5.75 Å². The second-order valence-electron chi connectivity index (χ2n) is 2.81. The number of nitrogens with zero attached hydrogens (tertiary/aromatic N) is 2. The van der Waals surface area contributed by atoms with E-state index in [4.69, 9.17) is 5.11 Å². The monoisotopic (exact) mass is 208 g/mol. The molecule has 0 aromatic carbocycles. The van der Waals surface area contributed by atoms with Gasteiger partial charge in [0.05, 0.1) is 5.69 Å². The van der Waals surface area contributed by atoms with Crippen LogP contribution in [0.4, 0.5) is 0 Å². The molecular formula is C9H8N2O2S. The summed E-state index contributed by atoms with van der Waals surface area (Å²) in [5, 5.41) is 9.46. The number of aromatic nitrogens is 1. The lowest BCUT2D eigenvalue weighted by Crippen LogP contribution is -2.17. The van der Waals surface area contributed by atoms with Crippen LogP contribution in [-0.4, -0.2) is 32.9 Å². The van der Waals surface area contributed by atoms with Crippen molar-refractivity contribution in [2.24, 2.45) is 4.99 Å².